The molecular weight excluding hydrogens is 251 g/mol. The van der Waals surface area contributed by atoms with E-state index in [0.717, 1.165) is 5.56 Å². The molecule has 0 spiro atoms. The summed E-state index contributed by atoms with van der Waals surface area (Å²) in [5.74, 6) is 1.09. The molecule has 0 atom stereocenters. The second kappa shape index (κ2) is 9.31. The molecule has 0 unspecified atom stereocenters. The van der Waals surface area contributed by atoms with Crippen molar-refractivity contribution in [3.8, 4) is 5.97 Å². The van der Waals surface area contributed by atoms with E-state index < -0.39 is 0 Å². The number of amides is 1. The number of nitrogens with zero attached hydrogens (tertiary/aromatic N) is 2. The fraction of sp³-hybridized carbons (Fsp3) is 0.0714. The van der Waals surface area contributed by atoms with E-state index in [0.29, 0.717) is 12.1 Å². The van der Waals surface area contributed by atoms with Crippen LogP contribution in [0.25, 0.3) is 0 Å². The smallest absolute Gasteiger partial charge is 0.265 e. The summed E-state index contributed by atoms with van der Waals surface area (Å²) in [5.41, 5.74) is 7.21. The van der Waals surface area contributed by atoms with Gasteiger partial charge in [0.15, 0.2) is 0 Å². The molecule has 1 amide bonds. The summed E-state index contributed by atoms with van der Waals surface area (Å²) in [6.07, 6.45) is 3.18. The molecule has 0 aliphatic rings. The second-order valence-corrected chi connectivity index (χ2v) is 3.66. The summed E-state index contributed by atoms with van der Waals surface area (Å²) in [7, 11) is 4.15. The number of hydrogen-bond acceptors (Lipinski definition) is 4. The fourth-order valence-electron chi connectivity index (χ4n) is 1.40. The van der Waals surface area contributed by atoms with E-state index in [-0.39, 0.29) is 5.91 Å². The van der Waals surface area contributed by atoms with Gasteiger partial charge >= 0.3 is 0 Å². The molecule has 98 valence electrons. The second-order valence-electron chi connectivity index (χ2n) is 3.66. The van der Waals surface area contributed by atoms with Crippen LogP contribution in [0.4, 0.5) is 0 Å². The molecular formula is C14H13BN4O. The standard InChI is InChI=1S/C13H13N3O.CBN/c17-13(12-6-8-14-9-7-12)16-15-10-11-4-2-1-3-5-11;2-1-3/h1-9,15H,10H2,(H,16,17);. The quantitative estimate of drug-likeness (QED) is 0.641. The van der Waals surface area contributed by atoms with Crippen LogP contribution in [0.1, 0.15) is 15.9 Å². The Bertz CT molecular complexity index is 554. The Morgan fingerprint density at radius 1 is 1.20 bits per heavy atom. The average molecular weight is 264 g/mol. The van der Waals surface area contributed by atoms with Crippen molar-refractivity contribution in [2.24, 2.45) is 0 Å². The Morgan fingerprint density at radius 3 is 2.40 bits per heavy atom. The maximum absolute atomic E-state index is 11.6. The predicted octanol–water partition coefficient (Wildman–Crippen LogP) is 1.15. The third kappa shape index (κ3) is 5.80. The Hall–Kier alpha value is -2.65. The minimum absolute atomic E-state index is 0.164. The van der Waals surface area contributed by atoms with Crippen molar-refractivity contribution in [1.29, 1.82) is 5.26 Å². The van der Waals surface area contributed by atoms with Gasteiger partial charge in [0.25, 0.3) is 5.91 Å². The van der Waals surface area contributed by atoms with E-state index >= 15 is 0 Å². The summed E-state index contributed by atoms with van der Waals surface area (Å²) < 4.78 is 0. The average Bonchev–Trinajstić information content (AvgIpc) is 2.50. The van der Waals surface area contributed by atoms with E-state index in [1.165, 1.54) is 5.97 Å². The highest BCUT2D eigenvalue weighted by atomic mass is 16.2. The highest BCUT2D eigenvalue weighted by Crippen LogP contribution is 1.97. The summed E-state index contributed by atoms with van der Waals surface area (Å²) in [6.45, 7) is 0.595. The normalized spacial score (nSPS) is 8.75. The Morgan fingerprint density at radius 2 is 1.80 bits per heavy atom. The van der Waals surface area contributed by atoms with Crippen LogP contribution >= 0.6 is 0 Å². The first-order valence-electron chi connectivity index (χ1n) is 5.84. The number of nitrogens with one attached hydrogen (secondary N) is 2. The van der Waals surface area contributed by atoms with E-state index in [2.05, 4.69) is 23.7 Å². The third-order valence-corrected chi connectivity index (χ3v) is 2.28. The first kappa shape index (κ1) is 15.4. The number of carbonyl (C=O) groups excluding carboxylic acids is 1. The van der Waals surface area contributed by atoms with Crippen LogP contribution in [0.5, 0.6) is 0 Å². The number of nitriles is 1. The van der Waals surface area contributed by atoms with E-state index in [1.54, 1.807) is 24.5 Å². The Kier molecular flexibility index (Phi) is 7.17. The summed E-state index contributed by atoms with van der Waals surface area (Å²) in [4.78, 5) is 15.5. The first-order valence-corrected chi connectivity index (χ1v) is 5.84. The zero-order valence-electron chi connectivity index (χ0n) is 10.8. The molecule has 0 saturated heterocycles. The third-order valence-electron chi connectivity index (χ3n) is 2.28. The SMILES string of the molecule is O=C(NNCc1ccccc1)c1ccncc1.[B]C#N. The van der Waals surface area contributed by atoms with Crippen LogP contribution in [0.2, 0.25) is 0 Å². The zero-order chi connectivity index (χ0) is 14.6. The van der Waals surface area contributed by atoms with E-state index in [4.69, 9.17) is 5.26 Å². The van der Waals surface area contributed by atoms with Gasteiger partial charge in [-0.05, 0) is 23.7 Å². The molecule has 5 nitrogen and oxygen atoms in total. The van der Waals surface area contributed by atoms with Crippen LogP contribution in [0, 0.1) is 11.2 Å². The molecule has 20 heavy (non-hydrogen) atoms. The van der Waals surface area contributed by atoms with Gasteiger partial charge in [-0.3, -0.25) is 15.2 Å². The maximum atomic E-state index is 11.6. The largest absolute Gasteiger partial charge is 0.287 e. The van der Waals surface area contributed by atoms with Crippen LogP contribution in [-0.2, 0) is 6.54 Å². The predicted molar refractivity (Wildman–Crippen MR) is 76.4 cm³/mol. The lowest BCUT2D eigenvalue weighted by atomic mass is 10.2. The highest BCUT2D eigenvalue weighted by Gasteiger charge is 2.02. The molecule has 0 bridgehead atoms. The minimum atomic E-state index is -0.164. The maximum Gasteiger partial charge on any atom is 0.265 e. The van der Waals surface area contributed by atoms with Gasteiger partial charge in [-0.1, -0.05) is 30.3 Å². The van der Waals surface area contributed by atoms with Crippen LogP contribution in [0.3, 0.4) is 0 Å². The molecule has 1 aromatic heterocycles. The molecule has 2 rings (SSSR count). The van der Waals surface area contributed by atoms with Crippen molar-refractivity contribution in [1.82, 2.24) is 15.8 Å². The zero-order valence-corrected chi connectivity index (χ0v) is 10.8. The van der Waals surface area contributed by atoms with Crippen molar-refractivity contribution in [2.75, 3.05) is 0 Å². The van der Waals surface area contributed by atoms with Gasteiger partial charge in [-0.2, -0.15) is 0 Å². The first-order chi connectivity index (χ1) is 9.77. The van der Waals surface area contributed by atoms with Crippen molar-refractivity contribution >= 4 is 13.8 Å². The van der Waals surface area contributed by atoms with Crippen LogP contribution in [-0.4, -0.2) is 18.7 Å². The van der Waals surface area contributed by atoms with Crippen molar-refractivity contribution < 1.29 is 4.79 Å². The molecule has 2 radical (unpaired) electrons. The fourth-order valence-corrected chi connectivity index (χ4v) is 1.40. The van der Waals surface area contributed by atoms with Crippen molar-refractivity contribution in [3.63, 3.8) is 0 Å². The van der Waals surface area contributed by atoms with Gasteiger partial charge in [-0.15, -0.1) is 0 Å². The molecule has 0 aliphatic carbocycles. The van der Waals surface area contributed by atoms with Gasteiger partial charge < -0.3 is 0 Å². The molecule has 0 aliphatic heterocycles. The van der Waals surface area contributed by atoms with Crippen molar-refractivity contribution in [3.05, 3.63) is 66.0 Å². The number of carbonyl (C=O) groups is 1. The number of pyridine rings is 1. The number of hydrazine groups is 1. The monoisotopic (exact) mass is 264 g/mol. The highest BCUT2D eigenvalue weighted by molar-refractivity contribution is 6.20. The number of benzene rings is 1. The molecule has 2 N–H and O–H groups in total. The van der Waals surface area contributed by atoms with E-state index in [1.807, 2.05) is 30.3 Å². The molecule has 6 heteroatoms. The van der Waals surface area contributed by atoms with Gasteiger partial charge in [0.1, 0.15) is 0 Å². The minimum Gasteiger partial charge on any atom is -0.287 e. The number of rotatable bonds is 4. The van der Waals surface area contributed by atoms with Gasteiger partial charge in [0.2, 0.25) is 7.85 Å². The Labute approximate surface area is 119 Å². The molecule has 0 fully saturated rings. The summed E-state index contributed by atoms with van der Waals surface area (Å²) >= 11 is 0. The lowest BCUT2D eigenvalue weighted by molar-refractivity contribution is 0.0932. The molecule has 1 aromatic carbocycles. The molecule has 1 heterocycles. The van der Waals surface area contributed by atoms with Gasteiger partial charge in [0.05, 0.1) is 0 Å². The summed E-state index contributed by atoms with van der Waals surface area (Å²) in [5, 5.41) is 7.10. The van der Waals surface area contributed by atoms with Gasteiger partial charge in [0, 0.05) is 24.5 Å². The summed E-state index contributed by atoms with van der Waals surface area (Å²) in [6, 6.07) is 13.2. The van der Waals surface area contributed by atoms with Crippen LogP contribution in [0.15, 0.2) is 54.9 Å². The van der Waals surface area contributed by atoms with Gasteiger partial charge in [-0.25, -0.2) is 10.7 Å². The van der Waals surface area contributed by atoms with E-state index in [9.17, 15) is 4.79 Å². The van der Waals surface area contributed by atoms with Crippen molar-refractivity contribution in [2.45, 2.75) is 6.54 Å². The molecule has 2 aromatic rings. The van der Waals surface area contributed by atoms with Crippen LogP contribution < -0.4 is 10.9 Å². The topological polar surface area (TPSA) is 77.8 Å². The lowest BCUT2D eigenvalue weighted by Crippen LogP contribution is -2.36. The lowest BCUT2D eigenvalue weighted by Gasteiger charge is -2.06. The number of hydrogen-bond donors (Lipinski definition) is 2. The molecule has 0 saturated carbocycles. The Balaban J connectivity index is 0.000000612. The number of aromatic nitrogens is 1.